The van der Waals surface area contributed by atoms with E-state index in [1.807, 2.05) is 0 Å². The number of hydrogen-bond donors (Lipinski definition) is 1. The molecular weight excluding hydrogens is 242 g/mol. The lowest BCUT2D eigenvalue weighted by Crippen LogP contribution is -2.29. The van der Waals surface area contributed by atoms with Crippen molar-refractivity contribution in [1.29, 1.82) is 0 Å². The van der Waals surface area contributed by atoms with E-state index in [0.29, 0.717) is 5.69 Å². The first kappa shape index (κ1) is 13.5. The van der Waals surface area contributed by atoms with Crippen LogP contribution in [0.5, 0.6) is 0 Å². The number of benzene rings is 1. The molecule has 1 rings (SSSR count). The van der Waals surface area contributed by atoms with E-state index in [-0.39, 0.29) is 18.6 Å². The van der Waals surface area contributed by atoms with Crippen LogP contribution < -0.4 is 4.31 Å². The average Bonchev–Trinajstić information content (AvgIpc) is 2.28. The lowest BCUT2D eigenvalue weighted by molar-refractivity contribution is -0.137. The van der Waals surface area contributed by atoms with Crippen molar-refractivity contribution in [3.8, 4) is 0 Å². The van der Waals surface area contributed by atoms with Gasteiger partial charge in [0.25, 0.3) is 0 Å². The Labute approximate surface area is 101 Å². The lowest BCUT2D eigenvalue weighted by atomic mass is 10.3. The number of aliphatic carboxylic acids is 1. The highest BCUT2D eigenvalue weighted by atomic mass is 32.2. The van der Waals surface area contributed by atoms with Gasteiger partial charge in [0, 0.05) is 13.5 Å². The molecular formula is C11H15NO4S. The number of para-hydroxylation sites is 1. The van der Waals surface area contributed by atoms with Gasteiger partial charge in [-0.1, -0.05) is 18.2 Å². The molecule has 0 aliphatic carbocycles. The highest BCUT2D eigenvalue weighted by Crippen LogP contribution is 2.16. The first-order valence-corrected chi connectivity index (χ1v) is 6.78. The maximum absolute atomic E-state index is 11.8. The zero-order valence-corrected chi connectivity index (χ0v) is 10.4. The molecule has 5 nitrogen and oxygen atoms in total. The van der Waals surface area contributed by atoms with Crippen molar-refractivity contribution in [2.75, 3.05) is 17.1 Å². The minimum Gasteiger partial charge on any atom is -0.481 e. The van der Waals surface area contributed by atoms with Crippen molar-refractivity contribution in [1.82, 2.24) is 0 Å². The summed E-state index contributed by atoms with van der Waals surface area (Å²) in [7, 11) is -1.98. The number of carboxylic acids is 1. The Morgan fingerprint density at radius 3 is 2.41 bits per heavy atom. The van der Waals surface area contributed by atoms with Gasteiger partial charge in [-0.15, -0.1) is 0 Å². The van der Waals surface area contributed by atoms with Crippen molar-refractivity contribution in [3.05, 3.63) is 30.3 Å². The number of rotatable bonds is 6. The van der Waals surface area contributed by atoms with Gasteiger partial charge in [-0.25, -0.2) is 8.42 Å². The normalized spacial score (nSPS) is 11.1. The van der Waals surface area contributed by atoms with Crippen LogP contribution in [-0.4, -0.2) is 32.3 Å². The zero-order chi connectivity index (χ0) is 12.9. The molecule has 94 valence electrons. The Kier molecular flexibility index (Phi) is 4.51. The Morgan fingerprint density at radius 2 is 1.88 bits per heavy atom. The summed E-state index contributed by atoms with van der Waals surface area (Å²) in [4.78, 5) is 10.3. The number of carbonyl (C=O) groups is 1. The van der Waals surface area contributed by atoms with Crippen LogP contribution in [0.15, 0.2) is 30.3 Å². The molecule has 0 bridgehead atoms. The minimum atomic E-state index is -3.44. The summed E-state index contributed by atoms with van der Waals surface area (Å²) in [6, 6.07) is 8.68. The predicted molar refractivity (Wildman–Crippen MR) is 65.5 cm³/mol. The zero-order valence-electron chi connectivity index (χ0n) is 9.54. The molecule has 0 saturated heterocycles. The van der Waals surface area contributed by atoms with Crippen molar-refractivity contribution in [2.24, 2.45) is 0 Å². The molecule has 0 unspecified atom stereocenters. The largest absolute Gasteiger partial charge is 0.481 e. The standard InChI is InChI=1S/C11H15NO4S/c1-12(10-6-3-2-4-7-10)17(15,16)9-5-8-11(13)14/h2-4,6-7H,5,8-9H2,1H3,(H,13,14). The lowest BCUT2D eigenvalue weighted by Gasteiger charge is -2.18. The van der Waals surface area contributed by atoms with E-state index < -0.39 is 16.0 Å². The molecule has 0 radical (unpaired) electrons. The van der Waals surface area contributed by atoms with E-state index >= 15 is 0 Å². The maximum atomic E-state index is 11.8. The van der Waals surface area contributed by atoms with Crippen LogP contribution in [-0.2, 0) is 14.8 Å². The molecule has 1 N–H and O–H groups in total. The van der Waals surface area contributed by atoms with Crippen LogP contribution in [0.4, 0.5) is 5.69 Å². The summed E-state index contributed by atoms with van der Waals surface area (Å²) in [5.41, 5.74) is 0.572. The van der Waals surface area contributed by atoms with Gasteiger partial charge in [0.05, 0.1) is 11.4 Å². The Balaban J connectivity index is 2.68. The molecule has 0 heterocycles. The van der Waals surface area contributed by atoms with Crippen LogP contribution in [0.3, 0.4) is 0 Å². The van der Waals surface area contributed by atoms with Crippen LogP contribution >= 0.6 is 0 Å². The van der Waals surface area contributed by atoms with E-state index in [2.05, 4.69) is 0 Å². The highest BCUT2D eigenvalue weighted by molar-refractivity contribution is 7.92. The van der Waals surface area contributed by atoms with Crippen molar-refractivity contribution in [2.45, 2.75) is 12.8 Å². The van der Waals surface area contributed by atoms with E-state index in [4.69, 9.17) is 5.11 Å². The molecule has 0 atom stereocenters. The van der Waals surface area contributed by atoms with Gasteiger partial charge in [-0.3, -0.25) is 9.10 Å². The summed E-state index contributed by atoms with van der Waals surface area (Å²) in [6.07, 6.45) is -0.0172. The van der Waals surface area contributed by atoms with Crippen molar-refractivity contribution in [3.63, 3.8) is 0 Å². The maximum Gasteiger partial charge on any atom is 0.303 e. The van der Waals surface area contributed by atoms with Gasteiger partial charge < -0.3 is 5.11 Å². The highest BCUT2D eigenvalue weighted by Gasteiger charge is 2.18. The molecule has 0 spiro atoms. The molecule has 0 aliphatic heterocycles. The quantitative estimate of drug-likeness (QED) is 0.834. The third-order valence-corrected chi connectivity index (χ3v) is 4.18. The number of carboxylic acid groups (broad SMARTS) is 1. The first-order chi connectivity index (χ1) is 7.93. The fourth-order valence-electron chi connectivity index (χ4n) is 1.34. The van der Waals surface area contributed by atoms with E-state index in [1.165, 1.54) is 11.4 Å². The molecule has 0 aliphatic rings. The third-order valence-electron chi connectivity index (χ3n) is 2.33. The van der Waals surface area contributed by atoms with E-state index in [9.17, 15) is 13.2 Å². The van der Waals surface area contributed by atoms with Gasteiger partial charge in [0.1, 0.15) is 0 Å². The average molecular weight is 257 g/mol. The molecule has 17 heavy (non-hydrogen) atoms. The predicted octanol–water partition coefficient (Wildman–Crippen LogP) is 1.32. The second kappa shape index (κ2) is 5.67. The fraction of sp³-hybridized carbons (Fsp3) is 0.364. The number of sulfonamides is 1. The van der Waals surface area contributed by atoms with Crippen LogP contribution in [0, 0.1) is 0 Å². The molecule has 1 aromatic carbocycles. The molecule has 6 heteroatoms. The van der Waals surface area contributed by atoms with E-state index in [0.717, 1.165) is 0 Å². The van der Waals surface area contributed by atoms with Gasteiger partial charge in [-0.05, 0) is 18.6 Å². The monoisotopic (exact) mass is 257 g/mol. The molecule has 0 amide bonds. The van der Waals surface area contributed by atoms with E-state index in [1.54, 1.807) is 30.3 Å². The van der Waals surface area contributed by atoms with Crippen LogP contribution in [0.2, 0.25) is 0 Å². The third kappa shape index (κ3) is 4.07. The Morgan fingerprint density at radius 1 is 1.29 bits per heavy atom. The second-order valence-corrected chi connectivity index (χ2v) is 5.74. The summed E-state index contributed by atoms with van der Waals surface area (Å²) >= 11 is 0. The van der Waals surface area contributed by atoms with Crippen LogP contribution in [0.1, 0.15) is 12.8 Å². The van der Waals surface area contributed by atoms with Crippen molar-refractivity contribution < 1.29 is 18.3 Å². The molecule has 1 aromatic rings. The summed E-state index contributed by atoms with van der Waals surface area (Å²) < 4.78 is 24.9. The SMILES string of the molecule is CN(c1ccccc1)S(=O)(=O)CCCC(=O)O. The minimum absolute atomic E-state index is 0.120. The molecule has 0 saturated carbocycles. The summed E-state index contributed by atoms with van der Waals surface area (Å²) in [6.45, 7) is 0. The van der Waals surface area contributed by atoms with Crippen LogP contribution in [0.25, 0.3) is 0 Å². The Hall–Kier alpha value is -1.56. The molecule has 0 aromatic heterocycles. The number of nitrogens with zero attached hydrogens (tertiary/aromatic N) is 1. The smallest absolute Gasteiger partial charge is 0.303 e. The topological polar surface area (TPSA) is 74.7 Å². The second-order valence-electron chi connectivity index (χ2n) is 3.62. The van der Waals surface area contributed by atoms with Gasteiger partial charge >= 0.3 is 5.97 Å². The summed E-state index contributed by atoms with van der Waals surface area (Å²) in [5.74, 6) is -1.15. The van der Waals surface area contributed by atoms with Gasteiger partial charge in [-0.2, -0.15) is 0 Å². The van der Waals surface area contributed by atoms with Gasteiger partial charge in [0.2, 0.25) is 10.0 Å². The Bertz CT molecular complexity index is 470. The molecule has 0 fully saturated rings. The number of anilines is 1. The van der Waals surface area contributed by atoms with Gasteiger partial charge in [0.15, 0.2) is 0 Å². The fourth-order valence-corrected chi connectivity index (χ4v) is 2.57. The number of hydrogen-bond acceptors (Lipinski definition) is 3. The summed E-state index contributed by atoms with van der Waals surface area (Å²) in [5, 5.41) is 8.46. The van der Waals surface area contributed by atoms with Crippen molar-refractivity contribution >= 4 is 21.7 Å². The first-order valence-electron chi connectivity index (χ1n) is 5.17.